The molecule has 1 N–H and O–H groups in total. The number of rotatable bonds is 6. The molecule has 2 aromatic rings. The summed E-state index contributed by atoms with van der Waals surface area (Å²) in [6.45, 7) is 8.84. The Hall–Kier alpha value is -2.22. The molecule has 2 aliphatic heterocycles. The van der Waals surface area contributed by atoms with Gasteiger partial charge in [-0.1, -0.05) is 44.2 Å². The fraction of sp³-hybridized carbons (Fsp3) is 0.480. The van der Waals surface area contributed by atoms with E-state index in [0.717, 1.165) is 25.2 Å². The van der Waals surface area contributed by atoms with E-state index in [-0.39, 0.29) is 10.8 Å². The second kappa shape index (κ2) is 9.73. The highest BCUT2D eigenvalue weighted by molar-refractivity contribution is 7.89. The largest absolute Gasteiger partial charge is 0.351 e. The van der Waals surface area contributed by atoms with Crippen molar-refractivity contribution in [2.75, 3.05) is 32.7 Å². The zero-order valence-electron chi connectivity index (χ0n) is 19.0. The molecule has 2 aliphatic rings. The van der Waals surface area contributed by atoms with Crippen molar-refractivity contribution in [2.24, 2.45) is 11.8 Å². The van der Waals surface area contributed by atoms with Crippen molar-refractivity contribution in [1.82, 2.24) is 14.5 Å². The van der Waals surface area contributed by atoms with Crippen molar-refractivity contribution in [3.05, 3.63) is 65.2 Å². The molecule has 2 atom stereocenters. The summed E-state index contributed by atoms with van der Waals surface area (Å²) < 4.78 is 28.0. The summed E-state index contributed by atoms with van der Waals surface area (Å²) >= 11 is 0. The minimum atomic E-state index is -3.67. The van der Waals surface area contributed by atoms with E-state index in [1.54, 1.807) is 18.2 Å². The van der Waals surface area contributed by atoms with Gasteiger partial charge in [-0.15, -0.1) is 0 Å². The molecule has 0 aliphatic carbocycles. The lowest BCUT2D eigenvalue weighted by Crippen LogP contribution is -2.42. The first kappa shape index (κ1) is 23.0. The molecule has 32 heavy (non-hydrogen) atoms. The van der Waals surface area contributed by atoms with E-state index in [1.165, 1.54) is 22.4 Å². The molecule has 0 radical (unpaired) electrons. The molecule has 172 valence electrons. The molecule has 2 heterocycles. The van der Waals surface area contributed by atoms with E-state index in [2.05, 4.69) is 30.1 Å². The summed E-state index contributed by atoms with van der Waals surface area (Å²) in [7, 11) is -3.67. The molecule has 1 amide bonds. The fourth-order valence-electron chi connectivity index (χ4n) is 5.03. The van der Waals surface area contributed by atoms with Crippen LogP contribution in [0.3, 0.4) is 0 Å². The standard InChI is InChI=1S/C25H33N3O3S/c1-19-14-20(2)17-27(16-19)13-11-26-25(29)22-8-5-9-24(15-22)32(30,31)28-12-10-21-6-3-4-7-23(21)18-28/h3-9,15,19-20H,10-14,16-18H2,1-2H3,(H,26,29). The maximum absolute atomic E-state index is 13.2. The normalized spacial score (nSPS) is 22.3. The third kappa shape index (κ3) is 5.22. The van der Waals surface area contributed by atoms with Gasteiger partial charge >= 0.3 is 0 Å². The number of nitrogens with one attached hydrogen (secondary N) is 1. The Kier molecular flexibility index (Phi) is 6.98. The molecular formula is C25H33N3O3S. The number of carbonyl (C=O) groups excluding carboxylic acids is 1. The zero-order chi connectivity index (χ0) is 22.7. The molecule has 0 spiro atoms. The second-order valence-electron chi connectivity index (χ2n) is 9.35. The van der Waals surface area contributed by atoms with Crippen molar-refractivity contribution < 1.29 is 13.2 Å². The molecule has 1 fully saturated rings. The van der Waals surface area contributed by atoms with Gasteiger partial charge in [-0.05, 0) is 54.0 Å². The van der Waals surface area contributed by atoms with Crippen LogP contribution in [0.1, 0.15) is 41.8 Å². The van der Waals surface area contributed by atoms with Crippen LogP contribution in [-0.4, -0.2) is 56.3 Å². The number of likely N-dealkylation sites (tertiary alicyclic amines) is 1. The van der Waals surface area contributed by atoms with Crippen molar-refractivity contribution in [1.29, 1.82) is 0 Å². The highest BCUT2D eigenvalue weighted by Gasteiger charge is 2.28. The molecule has 0 bridgehead atoms. The lowest BCUT2D eigenvalue weighted by Gasteiger charge is -2.34. The Morgan fingerprint density at radius 2 is 1.75 bits per heavy atom. The molecule has 4 rings (SSSR count). The monoisotopic (exact) mass is 455 g/mol. The highest BCUT2D eigenvalue weighted by atomic mass is 32.2. The number of piperidine rings is 1. The predicted octanol–water partition coefficient (Wildman–Crippen LogP) is 3.14. The van der Waals surface area contributed by atoms with Gasteiger partial charge in [0.2, 0.25) is 10.0 Å². The van der Waals surface area contributed by atoms with Gasteiger partial charge in [-0.25, -0.2) is 8.42 Å². The van der Waals surface area contributed by atoms with Gasteiger partial charge in [0.05, 0.1) is 4.90 Å². The van der Waals surface area contributed by atoms with E-state index >= 15 is 0 Å². The number of nitrogens with zero attached hydrogens (tertiary/aromatic N) is 2. The molecule has 0 saturated carbocycles. The summed E-state index contributed by atoms with van der Waals surface area (Å²) in [5.74, 6) is 1.13. The maximum atomic E-state index is 13.2. The minimum Gasteiger partial charge on any atom is -0.351 e. The predicted molar refractivity (Wildman–Crippen MR) is 126 cm³/mol. The smallest absolute Gasteiger partial charge is 0.251 e. The first-order valence-corrected chi connectivity index (χ1v) is 12.9. The average molecular weight is 456 g/mol. The number of hydrogen-bond acceptors (Lipinski definition) is 4. The Labute approximate surface area is 191 Å². The lowest BCUT2D eigenvalue weighted by molar-refractivity contribution is 0.0936. The molecule has 7 heteroatoms. The quantitative estimate of drug-likeness (QED) is 0.727. The Morgan fingerprint density at radius 1 is 1.03 bits per heavy atom. The van der Waals surface area contributed by atoms with Crippen molar-refractivity contribution in [3.63, 3.8) is 0 Å². The maximum Gasteiger partial charge on any atom is 0.251 e. The van der Waals surface area contributed by atoms with Gasteiger partial charge < -0.3 is 10.2 Å². The summed E-state index contributed by atoms with van der Waals surface area (Å²) in [4.78, 5) is 15.3. The molecule has 2 unspecified atom stereocenters. The number of benzene rings is 2. The Morgan fingerprint density at radius 3 is 2.50 bits per heavy atom. The van der Waals surface area contributed by atoms with Crippen molar-refractivity contribution in [3.8, 4) is 0 Å². The van der Waals surface area contributed by atoms with Crippen LogP contribution < -0.4 is 5.32 Å². The molecule has 2 aromatic carbocycles. The van der Waals surface area contributed by atoms with Crippen LogP contribution in [0.5, 0.6) is 0 Å². The highest BCUT2D eigenvalue weighted by Crippen LogP contribution is 2.25. The third-order valence-corrected chi connectivity index (χ3v) is 8.33. The SMILES string of the molecule is CC1CC(C)CN(CCNC(=O)c2cccc(S(=O)(=O)N3CCc4ccccc4C3)c2)C1. The third-order valence-electron chi connectivity index (χ3n) is 6.49. The van der Waals surface area contributed by atoms with Crippen molar-refractivity contribution >= 4 is 15.9 Å². The van der Waals surface area contributed by atoms with Gasteiger partial charge in [0.15, 0.2) is 0 Å². The van der Waals surface area contributed by atoms with Crippen molar-refractivity contribution in [2.45, 2.75) is 38.1 Å². The summed E-state index contributed by atoms with van der Waals surface area (Å²) in [6.07, 6.45) is 1.95. The van der Waals surface area contributed by atoms with Gasteiger partial charge in [0.1, 0.15) is 0 Å². The number of hydrogen-bond donors (Lipinski definition) is 1. The van der Waals surface area contributed by atoms with Crippen LogP contribution >= 0.6 is 0 Å². The van der Waals surface area contributed by atoms with Crippen LogP contribution in [0.2, 0.25) is 0 Å². The van der Waals surface area contributed by atoms with Crippen LogP contribution in [0.25, 0.3) is 0 Å². The van der Waals surface area contributed by atoms with Gasteiger partial charge in [-0.2, -0.15) is 4.31 Å². The van der Waals surface area contributed by atoms with Crippen LogP contribution in [0, 0.1) is 11.8 Å². The van der Waals surface area contributed by atoms with E-state index < -0.39 is 10.0 Å². The summed E-state index contributed by atoms with van der Waals surface area (Å²) in [6, 6.07) is 14.3. The lowest BCUT2D eigenvalue weighted by atomic mass is 9.92. The van der Waals surface area contributed by atoms with Crippen LogP contribution in [-0.2, 0) is 23.0 Å². The first-order chi connectivity index (χ1) is 15.3. The second-order valence-corrected chi connectivity index (χ2v) is 11.3. The molecule has 6 nitrogen and oxygen atoms in total. The van der Waals surface area contributed by atoms with Crippen LogP contribution in [0.4, 0.5) is 0 Å². The van der Waals surface area contributed by atoms with Gasteiger partial charge in [-0.3, -0.25) is 4.79 Å². The van der Waals surface area contributed by atoms with E-state index in [9.17, 15) is 13.2 Å². The first-order valence-electron chi connectivity index (χ1n) is 11.5. The van der Waals surface area contributed by atoms with E-state index in [0.29, 0.717) is 43.5 Å². The summed E-state index contributed by atoms with van der Waals surface area (Å²) in [5, 5.41) is 2.96. The Bertz CT molecular complexity index is 1060. The topological polar surface area (TPSA) is 69.7 Å². The number of fused-ring (bicyclic) bond motifs is 1. The number of sulfonamides is 1. The van der Waals surface area contributed by atoms with Gasteiger partial charge in [0.25, 0.3) is 5.91 Å². The number of amides is 1. The Balaban J connectivity index is 1.39. The average Bonchev–Trinajstić information content (AvgIpc) is 2.78. The van der Waals surface area contributed by atoms with E-state index in [1.807, 2.05) is 18.2 Å². The van der Waals surface area contributed by atoms with Gasteiger partial charge in [0, 0.05) is 44.8 Å². The van der Waals surface area contributed by atoms with Crippen LogP contribution in [0.15, 0.2) is 53.4 Å². The fourth-order valence-corrected chi connectivity index (χ4v) is 6.49. The summed E-state index contributed by atoms with van der Waals surface area (Å²) in [5.41, 5.74) is 2.62. The number of carbonyl (C=O) groups is 1. The minimum absolute atomic E-state index is 0.170. The van der Waals surface area contributed by atoms with E-state index in [4.69, 9.17) is 0 Å². The zero-order valence-corrected chi connectivity index (χ0v) is 19.8. The molecule has 1 saturated heterocycles. The molecule has 0 aromatic heterocycles. The molecular weight excluding hydrogens is 422 g/mol.